The van der Waals surface area contributed by atoms with Crippen LogP contribution >= 0.6 is 11.8 Å². The van der Waals surface area contributed by atoms with E-state index in [1.807, 2.05) is 7.05 Å². The fraction of sp³-hybridized carbons (Fsp3) is 0.353. The number of ether oxygens (including phenoxy) is 1. The van der Waals surface area contributed by atoms with Crippen molar-refractivity contribution < 1.29 is 18.3 Å². The number of thioether (sulfide) groups is 1. The maximum atomic E-state index is 12.8. The van der Waals surface area contributed by atoms with E-state index in [1.54, 1.807) is 36.9 Å². The second-order valence-electron chi connectivity index (χ2n) is 5.21. The van der Waals surface area contributed by atoms with Gasteiger partial charge in [-0.3, -0.25) is 4.90 Å². The van der Waals surface area contributed by atoms with Crippen molar-refractivity contribution in [2.75, 3.05) is 26.5 Å². The quantitative estimate of drug-likeness (QED) is 0.569. The molecule has 0 unspecified atom stereocenters. The highest BCUT2D eigenvalue weighted by Crippen LogP contribution is 2.19. The summed E-state index contributed by atoms with van der Waals surface area (Å²) >= 11 is 1.67. The van der Waals surface area contributed by atoms with Crippen molar-refractivity contribution in [3.8, 4) is 0 Å². The number of carbonyl (C=O) groups excluding carboxylic acids is 1. The summed E-state index contributed by atoms with van der Waals surface area (Å²) in [5.41, 5.74) is 0.469. The number of furan rings is 1. The Labute approximate surface area is 139 Å². The number of benzene rings is 1. The van der Waals surface area contributed by atoms with Crippen LogP contribution in [0.2, 0.25) is 0 Å². The van der Waals surface area contributed by atoms with Crippen LogP contribution in [0.5, 0.6) is 0 Å². The maximum absolute atomic E-state index is 12.8. The molecule has 0 saturated carbocycles. The lowest BCUT2D eigenvalue weighted by molar-refractivity contribution is 0.0599. The third kappa shape index (κ3) is 5.11. The Balaban J connectivity index is 1.81. The van der Waals surface area contributed by atoms with Gasteiger partial charge in [0.2, 0.25) is 0 Å². The Bertz CT molecular complexity index is 654. The summed E-state index contributed by atoms with van der Waals surface area (Å²) in [5, 5.41) is 0. The topological polar surface area (TPSA) is 42.7 Å². The molecule has 1 aromatic heterocycles. The van der Waals surface area contributed by atoms with Crippen LogP contribution in [0.1, 0.15) is 21.9 Å². The van der Waals surface area contributed by atoms with Crippen molar-refractivity contribution in [2.45, 2.75) is 18.4 Å². The van der Waals surface area contributed by atoms with E-state index in [0.29, 0.717) is 17.9 Å². The highest BCUT2D eigenvalue weighted by Gasteiger charge is 2.16. The molecule has 23 heavy (non-hydrogen) atoms. The van der Waals surface area contributed by atoms with Crippen LogP contribution in [0.3, 0.4) is 0 Å². The summed E-state index contributed by atoms with van der Waals surface area (Å²) in [6.07, 6.45) is 0. The van der Waals surface area contributed by atoms with Gasteiger partial charge in [-0.25, -0.2) is 9.18 Å². The first-order valence-corrected chi connectivity index (χ1v) is 8.22. The van der Waals surface area contributed by atoms with Gasteiger partial charge < -0.3 is 9.15 Å². The smallest absolute Gasteiger partial charge is 0.341 e. The summed E-state index contributed by atoms with van der Waals surface area (Å²) in [6.45, 7) is 3.21. The van der Waals surface area contributed by atoms with Crippen molar-refractivity contribution in [2.24, 2.45) is 0 Å². The van der Waals surface area contributed by atoms with E-state index < -0.39 is 0 Å². The van der Waals surface area contributed by atoms with E-state index >= 15 is 0 Å². The van der Waals surface area contributed by atoms with Gasteiger partial charge in [0, 0.05) is 17.2 Å². The van der Waals surface area contributed by atoms with E-state index in [4.69, 9.17) is 9.15 Å². The highest BCUT2D eigenvalue weighted by atomic mass is 32.2. The molecule has 1 aromatic carbocycles. The predicted molar refractivity (Wildman–Crippen MR) is 88.2 cm³/mol. The fourth-order valence-corrected chi connectivity index (χ4v) is 3.10. The second-order valence-corrected chi connectivity index (χ2v) is 6.38. The molecule has 0 radical (unpaired) electrons. The Morgan fingerprint density at radius 1 is 1.35 bits per heavy atom. The summed E-state index contributed by atoms with van der Waals surface area (Å²) in [4.78, 5) is 14.7. The highest BCUT2D eigenvalue weighted by molar-refractivity contribution is 7.99. The number of rotatable bonds is 7. The normalized spacial score (nSPS) is 11.0. The standard InChI is InChI=1S/C17H20FNO3S/c1-12-16(17(20)21-3)10-14(22-12)11-19(2)8-9-23-15-6-4-13(18)5-7-15/h4-7,10H,8-9,11H2,1-3H3. The van der Waals surface area contributed by atoms with Crippen LogP contribution in [0.4, 0.5) is 4.39 Å². The van der Waals surface area contributed by atoms with Gasteiger partial charge in [0.15, 0.2) is 0 Å². The summed E-state index contributed by atoms with van der Waals surface area (Å²) < 4.78 is 23.1. The summed E-state index contributed by atoms with van der Waals surface area (Å²) in [5.74, 6) is 1.58. The van der Waals surface area contributed by atoms with E-state index in [2.05, 4.69) is 4.90 Å². The molecule has 124 valence electrons. The molecule has 0 aliphatic rings. The number of hydrogen-bond acceptors (Lipinski definition) is 5. The minimum atomic E-state index is -0.382. The molecule has 0 atom stereocenters. The Morgan fingerprint density at radius 3 is 2.70 bits per heavy atom. The molecule has 1 heterocycles. The monoisotopic (exact) mass is 337 g/mol. The van der Waals surface area contributed by atoms with Crippen LogP contribution in [0.25, 0.3) is 0 Å². The third-order valence-corrected chi connectivity index (χ3v) is 4.35. The molecular formula is C17H20FNO3S. The Hall–Kier alpha value is -1.79. The van der Waals surface area contributed by atoms with Gasteiger partial charge in [-0.1, -0.05) is 0 Å². The summed E-state index contributed by atoms with van der Waals surface area (Å²) in [7, 11) is 3.34. The Kier molecular flexibility index (Phi) is 6.24. The van der Waals surface area contributed by atoms with E-state index in [-0.39, 0.29) is 11.8 Å². The average Bonchev–Trinajstić information content (AvgIpc) is 2.89. The number of esters is 1. The van der Waals surface area contributed by atoms with Gasteiger partial charge in [-0.2, -0.15) is 0 Å². The minimum Gasteiger partial charge on any atom is -0.465 e. The van der Waals surface area contributed by atoms with Gasteiger partial charge in [0.25, 0.3) is 0 Å². The predicted octanol–water partition coefficient (Wildman–Crippen LogP) is 3.74. The van der Waals surface area contributed by atoms with Crippen LogP contribution in [0.15, 0.2) is 39.6 Å². The van der Waals surface area contributed by atoms with Crippen LogP contribution < -0.4 is 0 Å². The maximum Gasteiger partial charge on any atom is 0.341 e. The number of nitrogens with zero attached hydrogens (tertiary/aromatic N) is 1. The van der Waals surface area contributed by atoms with Crippen molar-refractivity contribution in [3.63, 3.8) is 0 Å². The first-order chi connectivity index (χ1) is 11.0. The first-order valence-electron chi connectivity index (χ1n) is 7.24. The van der Waals surface area contributed by atoms with Crippen LogP contribution in [-0.4, -0.2) is 37.3 Å². The molecule has 0 bridgehead atoms. The molecule has 6 heteroatoms. The van der Waals surface area contributed by atoms with Gasteiger partial charge >= 0.3 is 5.97 Å². The zero-order valence-corrected chi connectivity index (χ0v) is 14.3. The Morgan fingerprint density at radius 2 is 2.04 bits per heavy atom. The number of aryl methyl sites for hydroxylation is 1. The largest absolute Gasteiger partial charge is 0.465 e. The van der Waals surface area contributed by atoms with Crippen molar-refractivity contribution >= 4 is 17.7 Å². The lowest BCUT2D eigenvalue weighted by atomic mass is 10.2. The minimum absolute atomic E-state index is 0.221. The van der Waals surface area contributed by atoms with Gasteiger partial charge in [0.05, 0.1) is 13.7 Å². The lowest BCUT2D eigenvalue weighted by Crippen LogP contribution is -2.20. The van der Waals surface area contributed by atoms with E-state index in [1.165, 1.54) is 19.2 Å². The molecule has 0 N–H and O–H groups in total. The molecule has 0 aliphatic carbocycles. The van der Waals surface area contributed by atoms with Gasteiger partial charge in [0.1, 0.15) is 22.9 Å². The van der Waals surface area contributed by atoms with Crippen molar-refractivity contribution in [1.82, 2.24) is 4.90 Å². The van der Waals surface area contributed by atoms with Crippen molar-refractivity contribution in [1.29, 1.82) is 0 Å². The van der Waals surface area contributed by atoms with Crippen LogP contribution in [-0.2, 0) is 11.3 Å². The number of methoxy groups -OCH3 is 1. The number of hydrogen-bond donors (Lipinski definition) is 0. The van der Waals surface area contributed by atoms with Crippen LogP contribution in [0, 0.1) is 12.7 Å². The average molecular weight is 337 g/mol. The zero-order valence-electron chi connectivity index (χ0n) is 13.5. The second kappa shape index (κ2) is 8.17. The molecule has 0 spiro atoms. The van der Waals surface area contributed by atoms with E-state index in [9.17, 15) is 9.18 Å². The molecule has 0 aliphatic heterocycles. The zero-order chi connectivity index (χ0) is 16.8. The molecule has 2 aromatic rings. The van der Waals surface area contributed by atoms with E-state index in [0.717, 1.165) is 23.0 Å². The van der Waals surface area contributed by atoms with Gasteiger partial charge in [-0.05, 0) is 44.3 Å². The SMILES string of the molecule is COC(=O)c1cc(CN(C)CCSc2ccc(F)cc2)oc1C. The molecule has 2 rings (SSSR count). The number of carbonyl (C=O) groups is 1. The molecular weight excluding hydrogens is 317 g/mol. The summed E-state index contributed by atoms with van der Waals surface area (Å²) in [6, 6.07) is 8.21. The molecule has 0 saturated heterocycles. The molecule has 4 nitrogen and oxygen atoms in total. The molecule has 0 fully saturated rings. The van der Waals surface area contributed by atoms with Crippen molar-refractivity contribution in [3.05, 3.63) is 53.2 Å². The first kappa shape index (κ1) is 17.6. The lowest BCUT2D eigenvalue weighted by Gasteiger charge is -2.14. The third-order valence-electron chi connectivity index (χ3n) is 3.36. The fourth-order valence-electron chi connectivity index (χ4n) is 2.13. The van der Waals surface area contributed by atoms with Gasteiger partial charge in [-0.15, -0.1) is 11.8 Å². The number of halogens is 1. The molecule has 0 amide bonds.